The molecule has 0 aliphatic carbocycles. The van der Waals surface area contributed by atoms with Crippen LogP contribution in [0.15, 0.2) is 77.4 Å². The van der Waals surface area contributed by atoms with Crippen molar-refractivity contribution in [2.45, 2.75) is 32.9 Å². The molecule has 1 amide bonds. The molecule has 1 heterocycles. The van der Waals surface area contributed by atoms with Gasteiger partial charge < -0.3 is 9.47 Å². The highest BCUT2D eigenvalue weighted by atomic mass is 79.9. The molecule has 0 N–H and O–H groups in total. The van der Waals surface area contributed by atoms with E-state index in [0.717, 1.165) is 35.1 Å². The quantitative estimate of drug-likeness (QED) is 0.195. The molecule has 0 aliphatic heterocycles. The molecule has 3 aromatic rings. The first-order valence-corrected chi connectivity index (χ1v) is 11.4. The van der Waals surface area contributed by atoms with Crippen LogP contribution < -0.4 is 0 Å². The highest BCUT2D eigenvalue weighted by molar-refractivity contribution is 9.10. The Balaban J connectivity index is 1.71. The third-order valence-electron chi connectivity index (χ3n) is 5.16. The maximum Gasteiger partial charge on any atom is 0.269 e. The maximum atomic E-state index is 12.9. The lowest BCUT2D eigenvalue weighted by Gasteiger charge is -2.22. The standard InChI is InChI=1S/C25H26BrN3O3/c1-2-3-16-28(25(30)15-10-20-8-13-23(14-9-20)29(31)32)19-24-5-4-17-27(24)18-21-6-11-22(26)12-7-21/h4-15,17H,2-3,16,18-19H2,1H3. The Morgan fingerprint density at radius 3 is 2.50 bits per heavy atom. The van der Waals surface area contributed by atoms with Crippen molar-refractivity contribution in [1.29, 1.82) is 0 Å². The lowest BCUT2D eigenvalue weighted by molar-refractivity contribution is -0.384. The van der Waals surface area contributed by atoms with Gasteiger partial charge in [0.15, 0.2) is 0 Å². The highest BCUT2D eigenvalue weighted by Gasteiger charge is 2.13. The molecule has 0 spiro atoms. The minimum atomic E-state index is -0.436. The second-order valence-corrected chi connectivity index (χ2v) is 8.46. The van der Waals surface area contributed by atoms with Crippen LogP contribution >= 0.6 is 15.9 Å². The summed E-state index contributed by atoms with van der Waals surface area (Å²) in [5, 5.41) is 10.8. The van der Waals surface area contributed by atoms with E-state index in [1.165, 1.54) is 17.7 Å². The third-order valence-corrected chi connectivity index (χ3v) is 5.69. The summed E-state index contributed by atoms with van der Waals surface area (Å²) in [4.78, 5) is 25.2. The van der Waals surface area contributed by atoms with E-state index >= 15 is 0 Å². The summed E-state index contributed by atoms with van der Waals surface area (Å²) < 4.78 is 3.21. The number of nitro groups is 1. The van der Waals surface area contributed by atoms with Crippen LogP contribution in [0, 0.1) is 10.1 Å². The molecule has 2 aromatic carbocycles. The molecule has 0 saturated carbocycles. The molecule has 7 heteroatoms. The maximum absolute atomic E-state index is 12.9. The van der Waals surface area contributed by atoms with Gasteiger partial charge in [-0.25, -0.2) is 0 Å². The summed E-state index contributed by atoms with van der Waals surface area (Å²) in [5.41, 5.74) is 3.04. The minimum Gasteiger partial charge on any atom is -0.345 e. The monoisotopic (exact) mass is 495 g/mol. The number of aromatic nitrogens is 1. The van der Waals surface area contributed by atoms with Crippen molar-refractivity contribution in [3.05, 3.63) is 104 Å². The number of non-ortho nitro benzene ring substituents is 1. The first-order chi connectivity index (χ1) is 15.5. The Kier molecular flexibility index (Phi) is 8.39. The summed E-state index contributed by atoms with van der Waals surface area (Å²) >= 11 is 3.46. The smallest absolute Gasteiger partial charge is 0.269 e. The van der Waals surface area contributed by atoms with Crippen molar-refractivity contribution < 1.29 is 9.72 Å². The molecule has 0 fully saturated rings. The lowest BCUT2D eigenvalue weighted by atomic mass is 10.2. The van der Waals surface area contributed by atoms with Gasteiger partial charge >= 0.3 is 0 Å². The number of hydrogen-bond donors (Lipinski definition) is 0. The van der Waals surface area contributed by atoms with E-state index in [2.05, 4.69) is 39.6 Å². The fourth-order valence-corrected chi connectivity index (χ4v) is 3.59. The van der Waals surface area contributed by atoms with Crippen molar-refractivity contribution in [3.63, 3.8) is 0 Å². The zero-order valence-electron chi connectivity index (χ0n) is 18.0. The van der Waals surface area contributed by atoms with Gasteiger partial charge in [0.1, 0.15) is 0 Å². The number of halogens is 1. The van der Waals surface area contributed by atoms with Crippen LogP contribution in [0.25, 0.3) is 6.08 Å². The molecule has 6 nitrogen and oxygen atoms in total. The number of rotatable bonds is 10. The van der Waals surface area contributed by atoms with E-state index < -0.39 is 4.92 Å². The van der Waals surface area contributed by atoms with Crippen LogP contribution in [0.4, 0.5) is 5.69 Å². The van der Waals surface area contributed by atoms with Crippen molar-refractivity contribution >= 4 is 33.6 Å². The highest BCUT2D eigenvalue weighted by Crippen LogP contribution is 2.16. The number of nitrogens with zero attached hydrogens (tertiary/aromatic N) is 3. The van der Waals surface area contributed by atoms with Gasteiger partial charge in [0.2, 0.25) is 5.91 Å². The zero-order chi connectivity index (χ0) is 22.9. The molecular formula is C25H26BrN3O3. The number of carbonyl (C=O) groups is 1. The van der Waals surface area contributed by atoms with E-state index in [1.54, 1.807) is 24.3 Å². The summed E-state index contributed by atoms with van der Waals surface area (Å²) in [5.74, 6) is -0.0757. The lowest BCUT2D eigenvalue weighted by Crippen LogP contribution is -2.31. The van der Waals surface area contributed by atoms with Crippen molar-refractivity contribution in [2.24, 2.45) is 0 Å². The Hall–Kier alpha value is -3.19. The van der Waals surface area contributed by atoms with Crippen LogP contribution in [0.3, 0.4) is 0 Å². The van der Waals surface area contributed by atoms with Gasteiger partial charge in [-0.15, -0.1) is 0 Å². The average molecular weight is 496 g/mol. The Morgan fingerprint density at radius 1 is 1.12 bits per heavy atom. The minimum absolute atomic E-state index is 0.0320. The van der Waals surface area contributed by atoms with Crippen LogP contribution in [0.1, 0.15) is 36.6 Å². The van der Waals surface area contributed by atoms with Crippen LogP contribution in [0.5, 0.6) is 0 Å². The molecular weight excluding hydrogens is 470 g/mol. The summed E-state index contributed by atoms with van der Waals surface area (Å²) in [6, 6.07) is 18.4. The number of nitro benzene ring substituents is 1. The number of carbonyl (C=O) groups excluding carboxylic acids is 1. The molecule has 0 aliphatic rings. The molecule has 3 rings (SSSR count). The first kappa shape index (κ1) is 23.5. The van der Waals surface area contributed by atoms with E-state index in [4.69, 9.17) is 0 Å². The Labute approximate surface area is 196 Å². The number of hydrogen-bond acceptors (Lipinski definition) is 3. The summed E-state index contributed by atoms with van der Waals surface area (Å²) in [7, 11) is 0. The number of unbranched alkanes of at least 4 members (excludes halogenated alkanes) is 1. The fourth-order valence-electron chi connectivity index (χ4n) is 3.33. The van der Waals surface area contributed by atoms with Crippen molar-refractivity contribution in [1.82, 2.24) is 9.47 Å². The molecule has 0 radical (unpaired) electrons. The second-order valence-electron chi connectivity index (χ2n) is 7.55. The average Bonchev–Trinajstić information content (AvgIpc) is 3.23. The molecule has 0 bridgehead atoms. The molecule has 32 heavy (non-hydrogen) atoms. The predicted octanol–water partition coefficient (Wildman–Crippen LogP) is 6.05. The van der Waals surface area contributed by atoms with E-state index in [0.29, 0.717) is 13.1 Å². The molecule has 1 aromatic heterocycles. The fraction of sp³-hybridized carbons (Fsp3) is 0.240. The van der Waals surface area contributed by atoms with E-state index in [9.17, 15) is 14.9 Å². The molecule has 0 atom stereocenters. The van der Waals surface area contributed by atoms with Crippen molar-refractivity contribution in [3.8, 4) is 0 Å². The summed E-state index contributed by atoms with van der Waals surface area (Å²) in [6.45, 7) is 4.03. The third kappa shape index (κ3) is 6.65. The van der Waals surface area contributed by atoms with Gasteiger partial charge in [-0.05, 0) is 60.0 Å². The Morgan fingerprint density at radius 2 is 1.84 bits per heavy atom. The van der Waals surface area contributed by atoms with Gasteiger partial charge in [0, 0.05) is 47.7 Å². The van der Waals surface area contributed by atoms with Gasteiger partial charge in [-0.3, -0.25) is 14.9 Å². The SMILES string of the molecule is CCCCN(Cc1cccn1Cc1ccc(Br)cc1)C(=O)C=Cc1ccc([N+](=O)[O-])cc1. The largest absolute Gasteiger partial charge is 0.345 e. The van der Waals surface area contributed by atoms with Gasteiger partial charge in [-0.2, -0.15) is 0 Å². The van der Waals surface area contributed by atoms with Crippen LogP contribution in [0.2, 0.25) is 0 Å². The molecule has 166 valence electrons. The van der Waals surface area contributed by atoms with E-state index in [1.807, 2.05) is 35.4 Å². The number of amides is 1. The van der Waals surface area contributed by atoms with Gasteiger partial charge in [-0.1, -0.05) is 41.4 Å². The van der Waals surface area contributed by atoms with Gasteiger partial charge in [0.25, 0.3) is 5.69 Å². The summed E-state index contributed by atoms with van der Waals surface area (Å²) in [6.07, 6.45) is 7.19. The predicted molar refractivity (Wildman–Crippen MR) is 130 cm³/mol. The van der Waals surface area contributed by atoms with Crippen LogP contribution in [-0.2, 0) is 17.9 Å². The normalized spacial score (nSPS) is 11.1. The topological polar surface area (TPSA) is 68.4 Å². The van der Waals surface area contributed by atoms with Crippen molar-refractivity contribution in [2.75, 3.05) is 6.54 Å². The molecule has 0 saturated heterocycles. The van der Waals surface area contributed by atoms with Gasteiger partial charge in [0.05, 0.1) is 11.5 Å². The van der Waals surface area contributed by atoms with E-state index in [-0.39, 0.29) is 11.6 Å². The first-order valence-electron chi connectivity index (χ1n) is 10.6. The molecule has 0 unspecified atom stereocenters. The Bertz CT molecular complexity index is 1070. The number of benzene rings is 2. The van der Waals surface area contributed by atoms with Crippen LogP contribution in [-0.4, -0.2) is 26.8 Å². The second kappa shape index (κ2) is 11.4. The zero-order valence-corrected chi connectivity index (χ0v) is 19.6.